The maximum atomic E-state index is 10.1. The summed E-state index contributed by atoms with van der Waals surface area (Å²) in [4.78, 5) is 0. The van der Waals surface area contributed by atoms with Crippen LogP contribution in [0.3, 0.4) is 0 Å². The van der Waals surface area contributed by atoms with E-state index in [2.05, 4.69) is 0 Å². The van der Waals surface area contributed by atoms with Gasteiger partial charge in [0.2, 0.25) is 5.79 Å². The van der Waals surface area contributed by atoms with Gasteiger partial charge in [-0.1, -0.05) is 0 Å². The second kappa shape index (κ2) is 2.72. The van der Waals surface area contributed by atoms with E-state index >= 15 is 0 Å². The Labute approximate surface area is 95.0 Å². The van der Waals surface area contributed by atoms with Crippen molar-refractivity contribution in [3.8, 4) is 11.5 Å². The van der Waals surface area contributed by atoms with Crippen LogP contribution in [0.1, 0.15) is 37.8 Å². The van der Waals surface area contributed by atoms with Crippen molar-refractivity contribution in [2.45, 2.75) is 45.0 Å². The van der Waals surface area contributed by atoms with E-state index in [4.69, 9.17) is 9.47 Å². The van der Waals surface area contributed by atoms with E-state index in [9.17, 15) is 5.11 Å². The predicted octanol–water partition coefficient (Wildman–Crippen LogP) is 2.48. The second-order valence-electron chi connectivity index (χ2n) is 5.25. The molecule has 0 atom stereocenters. The van der Waals surface area contributed by atoms with Crippen LogP contribution in [0, 0.1) is 6.92 Å². The van der Waals surface area contributed by atoms with Crippen molar-refractivity contribution in [3.63, 3.8) is 0 Å². The minimum absolute atomic E-state index is 0.598. The van der Waals surface area contributed by atoms with Gasteiger partial charge in [0.25, 0.3) is 0 Å². The molecule has 1 aromatic carbocycles. The lowest BCUT2D eigenvalue weighted by molar-refractivity contribution is -0.0432. The van der Waals surface area contributed by atoms with Crippen molar-refractivity contribution in [1.29, 1.82) is 0 Å². The van der Waals surface area contributed by atoms with Gasteiger partial charge in [0.1, 0.15) is 0 Å². The Morgan fingerprint density at radius 3 is 2.25 bits per heavy atom. The standard InChI is InChI=1S/C13H16O3/c1-8-6-10-11(16-12(2,3)15-10)7-9(8)13(14)4-5-13/h6-7,14H,4-5H2,1-3H3. The Kier molecular flexibility index (Phi) is 1.69. The van der Waals surface area contributed by atoms with Gasteiger partial charge in [0.15, 0.2) is 11.5 Å². The molecule has 0 aromatic heterocycles. The molecule has 3 heteroatoms. The molecule has 1 aliphatic carbocycles. The lowest BCUT2D eigenvalue weighted by Gasteiger charge is -2.16. The van der Waals surface area contributed by atoms with Crippen LogP contribution in [0.25, 0.3) is 0 Å². The molecule has 86 valence electrons. The molecule has 1 aliphatic heterocycles. The highest BCUT2D eigenvalue weighted by molar-refractivity contribution is 5.52. The normalized spacial score (nSPS) is 23.2. The molecule has 0 bridgehead atoms. The molecule has 1 saturated carbocycles. The smallest absolute Gasteiger partial charge is 0.246 e. The molecular formula is C13H16O3. The lowest BCUT2D eigenvalue weighted by atomic mass is 10.0. The predicted molar refractivity (Wildman–Crippen MR) is 59.6 cm³/mol. The average Bonchev–Trinajstić information content (AvgIpc) is 2.80. The Balaban J connectivity index is 2.07. The summed E-state index contributed by atoms with van der Waals surface area (Å²) in [5, 5.41) is 10.1. The summed E-state index contributed by atoms with van der Waals surface area (Å²) in [5.41, 5.74) is 1.43. The first kappa shape index (κ1) is 9.97. The highest BCUT2D eigenvalue weighted by Gasteiger charge is 2.44. The van der Waals surface area contributed by atoms with Crippen LogP contribution in [0.15, 0.2) is 12.1 Å². The summed E-state index contributed by atoms with van der Waals surface area (Å²) < 4.78 is 11.3. The van der Waals surface area contributed by atoms with Gasteiger partial charge in [-0.05, 0) is 43.0 Å². The van der Waals surface area contributed by atoms with E-state index in [-0.39, 0.29) is 0 Å². The molecule has 3 nitrogen and oxygen atoms in total. The number of hydrogen-bond donors (Lipinski definition) is 1. The minimum Gasteiger partial charge on any atom is -0.449 e. The molecule has 0 unspecified atom stereocenters. The first-order valence-corrected chi connectivity index (χ1v) is 5.65. The molecule has 1 N–H and O–H groups in total. The van der Waals surface area contributed by atoms with E-state index in [1.165, 1.54) is 0 Å². The maximum Gasteiger partial charge on any atom is 0.246 e. The third kappa shape index (κ3) is 1.39. The monoisotopic (exact) mass is 220 g/mol. The van der Waals surface area contributed by atoms with Gasteiger partial charge in [0, 0.05) is 13.8 Å². The highest BCUT2D eigenvalue weighted by atomic mass is 16.7. The van der Waals surface area contributed by atoms with Crippen molar-refractivity contribution < 1.29 is 14.6 Å². The fourth-order valence-electron chi connectivity index (χ4n) is 2.26. The number of aryl methyl sites for hydroxylation is 1. The fraction of sp³-hybridized carbons (Fsp3) is 0.538. The van der Waals surface area contributed by atoms with Crippen molar-refractivity contribution in [1.82, 2.24) is 0 Å². The topological polar surface area (TPSA) is 38.7 Å². The molecule has 0 radical (unpaired) electrons. The average molecular weight is 220 g/mol. The molecule has 1 fully saturated rings. The third-order valence-corrected chi connectivity index (χ3v) is 3.23. The van der Waals surface area contributed by atoms with Gasteiger partial charge in [-0.3, -0.25) is 0 Å². The van der Waals surface area contributed by atoms with E-state index in [0.29, 0.717) is 0 Å². The van der Waals surface area contributed by atoms with Crippen molar-refractivity contribution in [2.24, 2.45) is 0 Å². The van der Waals surface area contributed by atoms with Crippen LogP contribution in [0.2, 0.25) is 0 Å². The zero-order valence-electron chi connectivity index (χ0n) is 9.83. The maximum absolute atomic E-state index is 10.1. The van der Waals surface area contributed by atoms with Gasteiger partial charge in [-0.2, -0.15) is 0 Å². The van der Waals surface area contributed by atoms with E-state index < -0.39 is 11.4 Å². The SMILES string of the molecule is Cc1cc2c(cc1C1(O)CC1)OC(C)(C)O2. The molecule has 3 rings (SSSR count). The van der Waals surface area contributed by atoms with Crippen molar-refractivity contribution >= 4 is 0 Å². The highest BCUT2D eigenvalue weighted by Crippen LogP contribution is 2.50. The van der Waals surface area contributed by atoms with Crippen molar-refractivity contribution in [2.75, 3.05) is 0 Å². The summed E-state index contributed by atoms with van der Waals surface area (Å²) in [7, 11) is 0. The quantitative estimate of drug-likeness (QED) is 0.790. The molecule has 0 saturated heterocycles. The van der Waals surface area contributed by atoms with Crippen LogP contribution in [-0.2, 0) is 5.60 Å². The Morgan fingerprint density at radius 1 is 1.12 bits per heavy atom. The molecule has 2 aliphatic rings. The zero-order valence-corrected chi connectivity index (χ0v) is 9.83. The van der Waals surface area contributed by atoms with Gasteiger partial charge in [-0.25, -0.2) is 0 Å². The number of hydrogen-bond acceptors (Lipinski definition) is 3. The first-order chi connectivity index (χ1) is 7.40. The number of rotatable bonds is 1. The lowest BCUT2D eigenvalue weighted by Crippen LogP contribution is -2.29. The summed E-state index contributed by atoms with van der Waals surface area (Å²) in [6, 6.07) is 3.88. The van der Waals surface area contributed by atoms with E-state index in [0.717, 1.165) is 35.5 Å². The van der Waals surface area contributed by atoms with Crippen LogP contribution in [0.4, 0.5) is 0 Å². The fourth-order valence-corrected chi connectivity index (χ4v) is 2.26. The van der Waals surface area contributed by atoms with Crippen LogP contribution < -0.4 is 9.47 Å². The Morgan fingerprint density at radius 2 is 1.69 bits per heavy atom. The van der Waals surface area contributed by atoms with Crippen LogP contribution in [0.5, 0.6) is 11.5 Å². The van der Waals surface area contributed by atoms with Gasteiger partial charge in [-0.15, -0.1) is 0 Å². The summed E-state index contributed by atoms with van der Waals surface area (Å²) in [5.74, 6) is 0.918. The summed E-state index contributed by atoms with van der Waals surface area (Å²) in [6.07, 6.45) is 1.69. The molecule has 1 heterocycles. The Hall–Kier alpha value is -1.22. The summed E-state index contributed by atoms with van der Waals surface area (Å²) in [6.45, 7) is 5.77. The molecule has 0 spiro atoms. The van der Waals surface area contributed by atoms with Crippen LogP contribution in [-0.4, -0.2) is 10.9 Å². The third-order valence-electron chi connectivity index (χ3n) is 3.23. The van der Waals surface area contributed by atoms with Crippen molar-refractivity contribution in [3.05, 3.63) is 23.3 Å². The number of ether oxygens (including phenoxy) is 2. The molecule has 16 heavy (non-hydrogen) atoms. The van der Waals surface area contributed by atoms with Crippen LogP contribution >= 0.6 is 0 Å². The molecular weight excluding hydrogens is 204 g/mol. The number of fused-ring (bicyclic) bond motifs is 1. The Bertz CT molecular complexity index is 458. The van der Waals surface area contributed by atoms with E-state index in [1.807, 2.05) is 32.9 Å². The van der Waals surface area contributed by atoms with Gasteiger partial charge >= 0.3 is 0 Å². The minimum atomic E-state index is -0.616. The number of aliphatic hydroxyl groups is 1. The number of benzene rings is 1. The second-order valence-corrected chi connectivity index (χ2v) is 5.25. The molecule has 1 aromatic rings. The van der Waals surface area contributed by atoms with E-state index in [1.54, 1.807) is 0 Å². The zero-order chi connectivity index (χ0) is 11.6. The first-order valence-electron chi connectivity index (χ1n) is 5.65. The van der Waals surface area contributed by atoms with Gasteiger partial charge in [0.05, 0.1) is 5.60 Å². The summed E-state index contributed by atoms with van der Waals surface area (Å²) >= 11 is 0. The van der Waals surface area contributed by atoms with Gasteiger partial charge < -0.3 is 14.6 Å². The largest absolute Gasteiger partial charge is 0.449 e. The molecule has 0 amide bonds.